The predicted octanol–water partition coefficient (Wildman–Crippen LogP) is 3.04. The van der Waals surface area contributed by atoms with E-state index in [4.69, 9.17) is 19.2 Å². The van der Waals surface area contributed by atoms with Crippen LogP contribution in [0.25, 0.3) is 0 Å². The van der Waals surface area contributed by atoms with Gasteiger partial charge in [0.1, 0.15) is 5.75 Å². The van der Waals surface area contributed by atoms with E-state index in [0.29, 0.717) is 6.54 Å². The average Bonchev–Trinajstić information content (AvgIpc) is 2.83. The van der Waals surface area contributed by atoms with E-state index in [0.717, 1.165) is 62.4 Å². The fourth-order valence-corrected chi connectivity index (χ4v) is 3.74. The second kappa shape index (κ2) is 11.3. The van der Waals surface area contributed by atoms with Crippen LogP contribution < -0.4 is 24.4 Å². The summed E-state index contributed by atoms with van der Waals surface area (Å²) in [5, 5.41) is 3.44. The normalized spacial score (nSPS) is 14.4. The van der Waals surface area contributed by atoms with E-state index in [-0.39, 0.29) is 0 Å². The molecule has 1 N–H and O–H groups in total. The molecular weight excluding hydrogens is 392 g/mol. The molecule has 7 nitrogen and oxygen atoms in total. The molecule has 0 bridgehead atoms. The number of nitrogens with one attached hydrogen (secondary N) is 1. The van der Waals surface area contributed by atoms with Gasteiger partial charge in [0, 0.05) is 51.0 Å². The molecule has 0 radical (unpaired) electrons. The van der Waals surface area contributed by atoms with Crippen molar-refractivity contribution in [3.63, 3.8) is 0 Å². The number of piperazine rings is 1. The van der Waals surface area contributed by atoms with Crippen molar-refractivity contribution < 1.29 is 14.2 Å². The van der Waals surface area contributed by atoms with E-state index in [2.05, 4.69) is 40.2 Å². The maximum atomic E-state index is 5.41. The Morgan fingerprint density at radius 3 is 2.39 bits per heavy atom. The molecule has 168 valence electrons. The SMILES string of the molecule is CCNC(=NCCc1ccc(OC)c(OC)c1)N1CCN(c2cccc(OC)c2)CC1. The summed E-state index contributed by atoms with van der Waals surface area (Å²) >= 11 is 0. The average molecular weight is 427 g/mol. The highest BCUT2D eigenvalue weighted by Gasteiger charge is 2.20. The molecule has 0 saturated carbocycles. The first-order valence-electron chi connectivity index (χ1n) is 10.8. The van der Waals surface area contributed by atoms with Gasteiger partial charge in [0.05, 0.1) is 21.3 Å². The number of guanidine groups is 1. The van der Waals surface area contributed by atoms with Crippen molar-refractivity contribution in [2.45, 2.75) is 13.3 Å². The highest BCUT2D eigenvalue weighted by Crippen LogP contribution is 2.27. The van der Waals surface area contributed by atoms with Crippen LogP contribution in [0.1, 0.15) is 12.5 Å². The van der Waals surface area contributed by atoms with Crippen molar-refractivity contribution in [1.82, 2.24) is 10.2 Å². The maximum absolute atomic E-state index is 5.41. The summed E-state index contributed by atoms with van der Waals surface area (Å²) in [6.45, 7) is 7.44. The van der Waals surface area contributed by atoms with Crippen molar-refractivity contribution in [2.75, 3.05) is 65.5 Å². The lowest BCUT2D eigenvalue weighted by molar-refractivity contribution is 0.354. The number of hydrogen-bond donors (Lipinski definition) is 1. The summed E-state index contributed by atoms with van der Waals surface area (Å²) in [5.74, 6) is 3.37. The van der Waals surface area contributed by atoms with E-state index in [1.54, 1.807) is 21.3 Å². The molecule has 0 unspecified atom stereocenters. The molecule has 0 aromatic heterocycles. The molecule has 1 aliphatic rings. The minimum atomic E-state index is 0.716. The van der Waals surface area contributed by atoms with Gasteiger partial charge in [0.25, 0.3) is 0 Å². The van der Waals surface area contributed by atoms with Crippen LogP contribution in [0.15, 0.2) is 47.5 Å². The molecule has 2 aromatic carbocycles. The van der Waals surface area contributed by atoms with Gasteiger partial charge in [0.2, 0.25) is 0 Å². The largest absolute Gasteiger partial charge is 0.497 e. The van der Waals surface area contributed by atoms with Crippen molar-refractivity contribution in [2.24, 2.45) is 4.99 Å². The number of anilines is 1. The lowest BCUT2D eigenvalue weighted by Crippen LogP contribution is -2.52. The molecule has 0 atom stereocenters. The number of benzene rings is 2. The lowest BCUT2D eigenvalue weighted by atomic mass is 10.1. The smallest absolute Gasteiger partial charge is 0.194 e. The minimum Gasteiger partial charge on any atom is -0.497 e. The van der Waals surface area contributed by atoms with Gasteiger partial charge in [-0.1, -0.05) is 12.1 Å². The Morgan fingerprint density at radius 1 is 0.935 bits per heavy atom. The Balaban J connectivity index is 1.58. The number of aliphatic imine (C=N–C) groups is 1. The van der Waals surface area contributed by atoms with E-state index in [1.807, 2.05) is 24.3 Å². The Hall–Kier alpha value is -3.09. The molecule has 0 amide bonds. The van der Waals surface area contributed by atoms with Crippen LogP contribution in [0.2, 0.25) is 0 Å². The molecule has 3 rings (SSSR count). The summed E-state index contributed by atoms with van der Waals surface area (Å²) in [4.78, 5) is 9.61. The van der Waals surface area contributed by atoms with Crippen molar-refractivity contribution in [3.8, 4) is 17.2 Å². The van der Waals surface area contributed by atoms with Gasteiger partial charge in [-0.05, 0) is 43.2 Å². The molecule has 0 aliphatic carbocycles. The number of nitrogens with zero attached hydrogens (tertiary/aromatic N) is 3. The number of ether oxygens (including phenoxy) is 3. The van der Waals surface area contributed by atoms with Gasteiger partial charge < -0.3 is 29.3 Å². The zero-order chi connectivity index (χ0) is 22.1. The lowest BCUT2D eigenvalue weighted by Gasteiger charge is -2.37. The molecule has 1 fully saturated rings. The van der Waals surface area contributed by atoms with Crippen LogP contribution in [0.3, 0.4) is 0 Å². The monoisotopic (exact) mass is 426 g/mol. The molecule has 31 heavy (non-hydrogen) atoms. The highest BCUT2D eigenvalue weighted by atomic mass is 16.5. The van der Waals surface area contributed by atoms with Crippen LogP contribution in [-0.2, 0) is 6.42 Å². The quantitative estimate of drug-likeness (QED) is 0.517. The third-order valence-corrected chi connectivity index (χ3v) is 5.44. The van der Waals surface area contributed by atoms with E-state index < -0.39 is 0 Å². The van der Waals surface area contributed by atoms with Crippen molar-refractivity contribution in [1.29, 1.82) is 0 Å². The summed E-state index contributed by atoms with van der Waals surface area (Å²) in [7, 11) is 5.02. The van der Waals surface area contributed by atoms with Crippen LogP contribution in [-0.4, -0.2) is 71.5 Å². The molecule has 1 saturated heterocycles. The Kier molecular flexibility index (Phi) is 8.27. The van der Waals surface area contributed by atoms with Crippen LogP contribution in [0.5, 0.6) is 17.2 Å². The first-order valence-corrected chi connectivity index (χ1v) is 10.8. The third kappa shape index (κ3) is 5.96. The van der Waals surface area contributed by atoms with Gasteiger partial charge in [-0.15, -0.1) is 0 Å². The molecule has 1 aliphatic heterocycles. The Bertz CT molecular complexity index is 864. The van der Waals surface area contributed by atoms with E-state index in [1.165, 1.54) is 11.3 Å². The second-order valence-electron chi connectivity index (χ2n) is 7.35. The topological polar surface area (TPSA) is 58.6 Å². The number of rotatable bonds is 8. The Morgan fingerprint density at radius 2 is 1.71 bits per heavy atom. The second-order valence-corrected chi connectivity index (χ2v) is 7.35. The predicted molar refractivity (Wildman–Crippen MR) is 126 cm³/mol. The van der Waals surface area contributed by atoms with Gasteiger partial charge >= 0.3 is 0 Å². The van der Waals surface area contributed by atoms with Crippen molar-refractivity contribution >= 4 is 11.6 Å². The summed E-state index contributed by atoms with van der Waals surface area (Å²) in [6, 6.07) is 14.3. The molecule has 1 heterocycles. The first kappa shape index (κ1) is 22.6. The Labute approximate surface area is 185 Å². The highest BCUT2D eigenvalue weighted by molar-refractivity contribution is 5.80. The number of methoxy groups -OCH3 is 3. The molecule has 2 aromatic rings. The zero-order valence-electron chi connectivity index (χ0n) is 19.1. The maximum Gasteiger partial charge on any atom is 0.194 e. The first-order chi connectivity index (χ1) is 15.2. The van der Waals surface area contributed by atoms with Gasteiger partial charge in [-0.25, -0.2) is 0 Å². The van der Waals surface area contributed by atoms with Crippen LogP contribution in [0, 0.1) is 0 Å². The minimum absolute atomic E-state index is 0.716. The van der Waals surface area contributed by atoms with Crippen LogP contribution in [0.4, 0.5) is 5.69 Å². The van der Waals surface area contributed by atoms with E-state index in [9.17, 15) is 0 Å². The van der Waals surface area contributed by atoms with Gasteiger partial charge in [-0.3, -0.25) is 4.99 Å². The summed E-state index contributed by atoms with van der Waals surface area (Å²) in [6.07, 6.45) is 0.846. The van der Waals surface area contributed by atoms with Gasteiger partial charge in [0.15, 0.2) is 17.5 Å². The summed E-state index contributed by atoms with van der Waals surface area (Å²) < 4.78 is 16.1. The van der Waals surface area contributed by atoms with Gasteiger partial charge in [-0.2, -0.15) is 0 Å². The van der Waals surface area contributed by atoms with Crippen LogP contribution >= 0.6 is 0 Å². The molecular formula is C24H34N4O3. The fourth-order valence-electron chi connectivity index (χ4n) is 3.74. The van der Waals surface area contributed by atoms with E-state index >= 15 is 0 Å². The number of hydrogen-bond acceptors (Lipinski definition) is 5. The molecule has 7 heteroatoms. The standard InChI is InChI=1S/C24H34N4O3/c1-5-25-24(26-12-11-19-9-10-22(30-3)23(17-19)31-4)28-15-13-27(14-16-28)20-7-6-8-21(18-20)29-2/h6-10,17-18H,5,11-16H2,1-4H3,(H,25,26). The third-order valence-electron chi connectivity index (χ3n) is 5.44. The molecule has 0 spiro atoms. The zero-order valence-corrected chi connectivity index (χ0v) is 19.1. The van der Waals surface area contributed by atoms with Crippen molar-refractivity contribution in [3.05, 3.63) is 48.0 Å². The fraction of sp³-hybridized carbons (Fsp3) is 0.458. The summed E-state index contributed by atoms with van der Waals surface area (Å²) in [5.41, 5.74) is 2.38.